The van der Waals surface area contributed by atoms with E-state index in [1.807, 2.05) is 19.9 Å². The van der Waals surface area contributed by atoms with Crippen molar-refractivity contribution in [2.75, 3.05) is 5.32 Å². The highest BCUT2D eigenvalue weighted by Crippen LogP contribution is 2.17. The van der Waals surface area contributed by atoms with E-state index in [1.165, 1.54) is 0 Å². The van der Waals surface area contributed by atoms with Gasteiger partial charge in [0.05, 0.1) is 5.56 Å². The molecule has 0 bridgehead atoms. The Labute approximate surface area is 105 Å². The predicted molar refractivity (Wildman–Crippen MR) is 69.7 cm³/mol. The molecular weight excluding hydrogens is 236 g/mol. The maximum atomic E-state index is 12.0. The van der Waals surface area contributed by atoms with Gasteiger partial charge in [0.25, 0.3) is 5.91 Å². The number of amides is 1. The summed E-state index contributed by atoms with van der Waals surface area (Å²) < 4.78 is 0. The molecule has 88 valence electrons. The molecule has 1 aromatic carbocycles. The number of H-pyrrole nitrogens is 1. The normalized spacial score (nSPS) is 10.3. The van der Waals surface area contributed by atoms with Crippen molar-refractivity contribution >= 4 is 23.2 Å². The summed E-state index contributed by atoms with van der Waals surface area (Å²) in [4.78, 5) is 15.1. The second kappa shape index (κ2) is 4.63. The summed E-state index contributed by atoms with van der Waals surface area (Å²) in [6.07, 6.45) is 0. The van der Waals surface area contributed by atoms with Crippen LogP contribution in [0.2, 0.25) is 5.02 Å². The van der Waals surface area contributed by atoms with Crippen LogP contribution < -0.4 is 5.32 Å². The fourth-order valence-corrected chi connectivity index (χ4v) is 1.91. The van der Waals surface area contributed by atoms with Crippen molar-refractivity contribution in [2.24, 2.45) is 0 Å². The van der Waals surface area contributed by atoms with Gasteiger partial charge in [0.15, 0.2) is 0 Å². The van der Waals surface area contributed by atoms with Crippen molar-refractivity contribution in [1.82, 2.24) is 4.98 Å². The molecule has 0 unspecified atom stereocenters. The molecule has 2 rings (SSSR count). The lowest BCUT2D eigenvalue weighted by atomic mass is 10.2. The number of aryl methyl sites for hydroxylation is 2. The Hall–Kier alpha value is -1.74. The van der Waals surface area contributed by atoms with E-state index in [1.54, 1.807) is 24.3 Å². The molecule has 0 saturated carbocycles. The summed E-state index contributed by atoms with van der Waals surface area (Å²) in [5, 5.41) is 3.41. The average molecular weight is 249 g/mol. The van der Waals surface area contributed by atoms with Crippen LogP contribution >= 0.6 is 11.6 Å². The van der Waals surface area contributed by atoms with Crippen LogP contribution in [0.4, 0.5) is 5.69 Å². The van der Waals surface area contributed by atoms with Crippen LogP contribution in [0.3, 0.4) is 0 Å². The summed E-state index contributed by atoms with van der Waals surface area (Å²) in [6.45, 7) is 3.79. The lowest BCUT2D eigenvalue weighted by Gasteiger charge is -2.04. The van der Waals surface area contributed by atoms with E-state index in [4.69, 9.17) is 11.6 Å². The maximum absolute atomic E-state index is 12.0. The molecule has 0 aliphatic rings. The third-order valence-corrected chi connectivity index (χ3v) is 2.71. The Kier molecular flexibility index (Phi) is 3.20. The number of nitrogens with one attached hydrogen (secondary N) is 2. The number of anilines is 1. The molecule has 0 saturated heterocycles. The Bertz CT molecular complexity index is 560. The minimum Gasteiger partial charge on any atom is -0.362 e. The molecule has 1 amide bonds. The first kappa shape index (κ1) is 11.7. The summed E-state index contributed by atoms with van der Waals surface area (Å²) in [7, 11) is 0. The van der Waals surface area contributed by atoms with Gasteiger partial charge in [-0.05, 0) is 38.1 Å². The minimum atomic E-state index is -0.130. The lowest BCUT2D eigenvalue weighted by molar-refractivity contribution is 0.102. The molecule has 17 heavy (non-hydrogen) atoms. The van der Waals surface area contributed by atoms with Crippen LogP contribution in [0.1, 0.15) is 21.7 Å². The molecule has 0 fully saturated rings. The fourth-order valence-electron chi connectivity index (χ4n) is 1.72. The van der Waals surface area contributed by atoms with Crippen molar-refractivity contribution in [3.05, 3.63) is 52.3 Å². The predicted octanol–water partition coefficient (Wildman–Crippen LogP) is 3.54. The second-order valence-corrected chi connectivity index (χ2v) is 4.39. The summed E-state index contributed by atoms with van der Waals surface area (Å²) in [5.41, 5.74) is 3.18. The highest BCUT2D eigenvalue weighted by atomic mass is 35.5. The molecule has 1 heterocycles. The molecule has 3 nitrogen and oxygen atoms in total. The summed E-state index contributed by atoms with van der Waals surface area (Å²) in [6, 6.07) is 8.91. The SMILES string of the molecule is Cc1cc(C(=O)Nc2cccc(Cl)c2)c(C)[nH]1. The number of rotatable bonds is 2. The van der Waals surface area contributed by atoms with Crippen molar-refractivity contribution in [2.45, 2.75) is 13.8 Å². The van der Waals surface area contributed by atoms with Crippen LogP contribution in [0, 0.1) is 13.8 Å². The van der Waals surface area contributed by atoms with Gasteiger partial charge in [-0.3, -0.25) is 4.79 Å². The van der Waals surface area contributed by atoms with E-state index < -0.39 is 0 Å². The zero-order chi connectivity index (χ0) is 12.4. The number of carbonyl (C=O) groups excluding carboxylic acids is 1. The number of hydrogen-bond acceptors (Lipinski definition) is 1. The molecule has 2 N–H and O–H groups in total. The smallest absolute Gasteiger partial charge is 0.257 e. The topological polar surface area (TPSA) is 44.9 Å². The molecule has 2 aromatic rings. The van der Waals surface area contributed by atoms with Gasteiger partial charge in [0, 0.05) is 22.1 Å². The van der Waals surface area contributed by atoms with E-state index >= 15 is 0 Å². The van der Waals surface area contributed by atoms with Gasteiger partial charge in [-0.15, -0.1) is 0 Å². The fraction of sp³-hybridized carbons (Fsp3) is 0.154. The first-order chi connectivity index (χ1) is 8.06. The molecule has 1 aromatic heterocycles. The molecule has 0 atom stereocenters. The molecule has 0 spiro atoms. The summed E-state index contributed by atoms with van der Waals surface area (Å²) in [5.74, 6) is -0.130. The summed E-state index contributed by atoms with van der Waals surface area (Å²) >= 11 is 5.85. The van der Waals surface area contributed by atoms with Crippen molar-refractivity contribution < 1.29 is 4.79 Å². The van der Waals surface area contributed by atoms with E-state index in [9.17, 15) is 4.79 Å². The standard InChI is InChI=1S/C13H13ClN2O/c1-8-6-12(9(2)15-8)13(17)16-11-5-3-4-10(14)7-11/h3-7,15H,1-2H3,(H,16,17). The molecule has 0 aliphatic heterocycles. The maximum Gasteiger partial charge on any atom is 0.257 e. The number of aromatic nitrogens is 1. The molecule has 4 heteroatoms. The first-order valence-corrected chi connectivity index (χ1v) is 5.67. The van der Waals surface area contributed by atoms with Crippen molar-refractivity contribution in [3.63, 3.8) is 0 Å². The number of halogens is 1. The van der Waals surface area contributed by atoms with Gasteiger partial charge in [-0.25, -0.2) is 0 Å². The van der Waals surface area contributed by atoms with Gasteiger partial charge in [-0.1, -0.05) is 17.7 Å². The Morgan fingerprint density at radius 2 is 2.06 bits per heavy atom. The minimum absolute atomic E-state index is 0.130. The Balaban J connectivity index is 2.20. The van der Waals surface area contributed by atoms with Crippen LogP contribution in [0.15, 0.2) is 30.3 Å². The van der Waals surface area contributed by atoms with Gasteiger partial charge in [-0.2, -0.15) is 0 Å². The number of carbonyl (C=O) groups is 1. The van der Waals surface area contributed by atoms with Crippen LogP contribution in [0.5, 0.6) is 0 Å². The van der Waals surface area contributed by atoms with E-state index in [2.05, 4.69) is 10.3 Å². The first-order valence-electron chi connectivity index (χ1n) is 5.29. The third kappa shape index (κ3) is 2.68. The average Bonchev–Trinajstić information content (AvgIpc) is 2.58. The largest absolute Gasteiger partial charge is 0.362 e. The van der Waals surface area contributed by atoms with Gasteiger partial charge >= 0.3 is 0 Å². The van der Waals surface area contributed by atoms with E-state index in [0.29, 0.717) is 16.3 Å². The Morgan fingerprint density at radius 1 is 1.29 bits per heavy atom. The number of benzene rings is 1. The number of aromatic amines is 1. The molecular formula is C13H13ClN2O. The van der Waals surface area contributed by atoms with Crippen LogP contribution in [0.25, 0.3) is 0 Å². The van der Waals surface area contributed by atoms with Gasteiger partial charge < -0.3 is 10.3 Å². The monoisotopic (exact) mass is 248 g/mol. The van der Waals surface area contributed by atoms with E-state index in [0.717, 1.165) is 11.4 Å². The molecule has 0 radical (unpaired) electrons. The molecule has 0 aliphatic carbocycles. The van der Waals surface area contributed by atoms with Crippen LogP contribution in [-0.2, 0) is 0 Å². The van der Waals surface area contributed by atoms with Crippen molar-refractivity contribution in [3.8, 4) is 0 Å². The van der Waals surface area contributed by atoms with E-state index in [-0.39, 0.29) is 5.91 Å². The quantitative estimate of drug-likeness (QED) is 0.839. The van der Waals surface area contributed by atoms with Crippen molar-refractivity contribution in [1.29, 1.82) is 0 Å². The highest BCUT2D eigenvalue weighted by molar-refractivity contribution is 6.30. The number of hydrogen-bond donors (Lipinski definition) is 2. The van der Waals surface area contributed by atoms with Crippen LogP contribution in [-0.4, -0.2) is 10.9 Å². The van der Waals surface area contributed by atoms with Gasteiger partial charge in [0.1, 0.15) is 0 Å². The van der Waals surface area contributed by atoms with Gasteiger partial charge in [0.2, 0.25) is 0 Å². The zero-order valence-corrected chi connectivity index (χ0v) is 10.4. The third-order valence-electron chi connectivity index (χ3n) is 2.48. The lowest BCUT2D eigenvalue weighted by Crippen LogP contribution is -2.12. The zero-order valence-electron chi connectivity index (χ0n) is 9.67. The Morgan fingerprint density at radius 3 is 2.65 bits per heavy atom. The second-order valence-electron chi connectivity index (χ2n) is 3.96. The highest BCUT2D eigenvalue weighted by Gasteiger charge is 2.11.